The number of esters is 1. The lowest BCUT2D eigenvalue weighted by Gasteiger charge is -2.22. The molecule has 0 aromatic heterocycles. The average molecular weight is 143 g/mol. The van der Waals surface area contributed by atoms with Gasteiger partial charge in [0.2, 0.25) is 0 Å². The van der Waals surface area contributed by atoms with E-state index in [4.69, 9.17) is 6.11 Å². The van der Waals surface area contributed by atoms with Crippen LogP contribution in [-0.2, 0) is 9.53 Å². The molecule has 0 unspecified atom stereocenters. The maximum Gasteiger partial charge on any atom is 0.309 e. The van der Waals surface area contributed by atoms with Gasteiger partial charge >= 0.3 is 5.97 Å². The first-order chi connectivity index (χ1) is 4.91. The molecule has 1 heterocycles. The Morgan fingerprint density at radius 3 is 2.50 bits per heavy atom. The van der Waals surface area contributed by atoms with Gasteiger partial charge in [-0.2, -0.15) is 0 Å². The Bertz CT molecular complexity index is 171. The molecule has 10 heavy (non-hydrogen) atoms. The van der Waals surface area contributed by atoms with Crippen LogP contribution in [0.2, 0.25) is 0 Å². The summed E-state index contributed by atoms with van der Waals surface area (Å²) >= 11 is 0. The summed E-state index contributed by atoms with van der Waals surface area (Å²) in [6, 6.07) is 0. The standard InChI is InChI=1S/C8H14O2/c1-8(2,3)6-4-5-10-7(6)9/h6H,4-5H2,1-3H3/t6-/m0/s1/i5D/t5-,6-. The fraction of sp³-hybridized carbons (Fsp3) is 0.875. The Labute approximate surface area is 63.0 Å². The van der Waals surface area contributed by atoms with Crippen LogP contribution in [-0.4, -0.2) is 12.6 Å². The second-order valence-electron chi connectivity index (χ2n) is 3.76. The number of hydrogen-bond acceptors (Lipinski definition) is 2. The lowest BCUT2D eigenvalue weighted by molar-refractivity contribution is -0.143. The number of cyclic esters (lactones) is 1. The van der Waals surface area contributed by atoms with Gasteiger partial charge in [0.05, 0.1) is 13.9 Å². The van der Waals surface area contributed by atoms with Gasteiger partial charge in [-0.1, -0.05) is 20.8 Å². The molecule has 0 spiro atoms. The summed E-state index contributed by atoms with van der Waals surface area (Å²) in [7, 11) is 0. The fourth-order valence-corrected chi connectivity index (χ4v) is 1.11. The third-order valence-electron chi connectivity index (χ3n) is 1.86. The van der Waals surface area contributed by atoms with E-state index >= 15 is 0 Å². The topological polar surface area (TPSA) is 26.3 Å². The van der Waals surface area contributed by atoms with Crippen LogP contribution in [0.25, 0.3) is 0 Å². The highest BCUT2D eigenvalue weighted by Gasteiger charge is 2.36. The molecule has 58 valence electrons. The number of carbonyl (C=O) groups excluding carboxylic acids is 1. The maximum atomic E-state index is 11.1. The number of rotatable bonds is 0. The summed E-state index contributed by atoms with van der Waals surface area (Å²) in [5.41, 5.74) is -0.0626. The van der Waals surface area contributed by atoms with Crippen molar-refractivity contribution < 1.29 is 10.9 Å². The molecule has 2 heteroatoms. The molecule has 0 aromatic rings. The lowest BCUT2D eigenvalue weighted by Crippen LogP contribution is -2.24. The molecule has 2 atom stereocenters. The summed E-state index contributed by atoms with van der Waals surface area (Å²) < 4.78 is 12.0. The minimum Gasteiger partial charge on any atom is -0.465 e. The first-order valence-electron chi connectivity index (χ1n) is 4.12. The van der Waals surface area contributed by atoms with E-state index in [0.29, 0.717) is 6.42 Å². The van der Waals surface area contributed by atoms with Gasteiger partial charge in [0.15, 0.2) is 0 Å². The molecular formula is C8H14O2. The third kappa shape index (κ3) is 1.31. The molecular weight excluding hydrogens is 128 g/mol. The van der Waals surface area contributed by atoms with E-state index in [1.54, 1.807) is 0 Å². The summed E-state index contributed by atoms with van der Waals surface area (Å²) in [5.74, 6) is -0.303. The van der Waals surface area contributed by atoms with Crippen LogP contribution in [0, 0.1) is 11.3 Å². The molecule has 2 nitrogen and oxygen atoms in total. The van der Waals surface area contributed by atoms with E-state index < -0.39 is 6.58 Å². The van der Waals surface area contributed by atoms with E-state index in [9.17, 15) is 4.79 Å². The van der Waals surface area contributed by atoms with Crippen LogP contribution in [0.5, 0.6) is 0 Å². The van der Waals surface area contributed by atoms with Gasteiger partial charge in [-0.3, -0.25) is 4.79 Å². The largest absolute Gasteiger partial charge is 0.465 e. The van der Waals surface area contributed by atoms with Crippen LogP contribution >= 0.6 is 0 Å². The molecule has 0 aliphatic carbocycles. The SMILES string of the molecule is [2H][C@H]1C[C@H](C(C)(C)C)C(=O)O1. The summed E-state index contributed by atoms with van der Waals surface area (Å²) in [5, 5.41) is 0. The van der Waals surface area contributed by atoms with Crippen molar-refractivity contribution in [1.82, 2.24) is 0 Å². The molecule has 1 fully saturated rings. The number of hydrogen-bond donors (Lipinski definition) is 0. The van der Waals surface area contributed by atoms with Crippen molar-refractivity contribution in [2.45, 2.75) is 27.2 Å². The average Bonchev–Trinajstić information content (AvgIpc) is 2.08. The molecule has 0 amide bonds. The van der Waals surface area contributed by atoms with E-state index in [0.717, 1.165) is 0 Å². The Kier molecular flexibility index (Phi) is 1.40. The van der Waals surface area contributed by atoms with E-state index in [-0.39, 0.29) is 17.3 Å². The molecule has 1 saturated heterocycles. The molecule has 0 bridgehead atoms. The minimum atomic E-state index is -0.633. The van der Waals surface area contributed by atoms with Crippen molar-refractivity contribution in [3.05, 3.63) is 0 Å². The summed E-state index contributed by atoms with van der Waals surface area (Å²) in [4.78, 5) is 11.1. The second-order valence-corrected chi connectivity index (χ2v) is 3.76. The normalized spacial score (nSPS) is 35.5. The maximum absolute atomic E-state index is 11.1. The number of ether oxygens (including phenoxy) is 1. The van der Waals surface area contributed by atoms with Gasteiger partial charge in [-0.25, -0.2) is 0 Å². The second kappa shape index (κ2) is 2.26. The van der Waals surface area contributed by atoms with Crippen molar-refractivity contribution in [3.63, 3.8) is 0 Å². The molecule has 0 radical (unpaired) electrons. The van der Waals surface area contributed by atoms with Crippen LogP contribution in [0.3, 0.4) is 0 Å². The molecule has 1 aliphatic heterocycles. The van der Waals surface area contributed by atoms with Gasteiger partial charge in [0.1, 0.15) is 0 Å². The predicted octanol–water partition coefficient (Wildman–Crippen LogP) is 1.60. The number of carbonyl (C=O) groups is 1. The molecule has 1 aliphatic rings. The summed E-state index contributed by atoms with van der Waals surface area (Å²) in [6.07, 6.45) is 0.544. The molecule has 0 saturated carbocycles. The van der Waals surface area contributed by atoms with Crippen LogP contribution in [0.15, 0.2) is 0 Å². The van der Waals surface area contributed by atoms with Gasteiger partial charge in [0.25, 0.3) is 0 Å². The van der Waals surface area contributed by atoms with Crippen LogP contribution < -0.4 is 0 Å². The Morgan fingerprint density at radius 2 is 2.30 bits per heavy atom. The Balaban J connectivity index is 2.68. The Hall–Kier alpha value is -0.530. The zero-order valence-electron chi connectivity index (χ0n) is 7.68. The van der Waals surface area contributed by atoms with Crippen molar-refractivity contribution in [2.24, 2.45) is 11.3 Å². The highest BCUT2D eigenvalue weighted by Crippen LogP contribution is 2.32. The third-order valence-corrected chi connectivity index (χ3v) is 1.86. The first-order valence-corrected chi connectivity index (χ1v) is 3.54. The zero-order valence-corrected chi connectivity index (χ0v) is 6.68. The van der Waals surface area contributed by atoms with Gasteiger partial charge in [0, 0.05) is 0 Å². The monoisotopic (exact) mass is 143 g/mol. The van der Waals surface area contributed by atoms with Gasteiger partial charge < -0.3 is 4.74 Å². The minimum absolute atomic E-state index is 0.0626. The van der Waals surface area contributed by atoms with Crippen LogP contribution in [0.4, 0.5) is 0 Å². The fourth-order valence-electron chi connectivity index (χ4n) is 1.11. The highest BCUT2D eigenvalue weighted by molar-refractivity contribution is 5.74. The Morgan fingerprint density at radius 1 is 1.70 bits per heavy atom. The first kappa shape index (κ1) is 6.20. The summed E-state index contributed by atoms with van der Waals surface area (Å²) in [6.45, 7) is 5.36. The van der Waals surface area contributed by atoms with Gasteiger partial charge in [-0.05, 0) is 11.8 Å². The van der Waals surface area contributed by atoms with E-state index in [1.807, 2.05) is 20.8 Å². The lowest BCUT2D eigenvalue weighted by atomic mass is 9.80. The zero-order chi connectivity index (χ0) is 8.65. The molecule has 1 rings (SSSR count). The van der Waals surface area contributed by atoms with Crippen molar-refractivity contribution in [3.8, 4) is 0 Å². The highest BCUT2D eigenvalue weighted by atomic mass is 16.5. The van der Waals surface area contributed by atoms with E-state index in [1.165, 1.54) is 0 Å². The van der Waals surface area contributed by atoms with E-state index in [2.05, 4.69) is 0 Å². The van der Waals surface area contributed by atoms with Crippen molar-refractivity contribution in [1.29, 1.82) is 0 Å². The molecule has 0 aromatic carbocycles. The smallest absolute Gasteiger partial charge is 0.309 e. The molecule has 0 N–H and O–H groups in total. The quantitative estimate of drug-likeness (QED) is 0.481. The van der Waals surface area contributed by atoms with Crippen molar-refractivity contribution >= 4 is 5.97 Å². The van der Waals surface area contributed by atoms with Gasteiger partial charge in [-0.15, -0.1) is 0 Å². The van der Waals surface area contributed by atoms with Crippen LogP contribution in [0.1, 0.15) is 28.6 Å². The van der Waals surface area contributed by atoms with Crippen molar-refractivity contribution in [2.75, 3.05) is 6.58 Å². The predicted molar refractivity (Wildman–Crippen MR) is 38.5 cm³/mol.